The molecular formula is C28H31F2N4O3P. The first-order valence-corrected chi connectivity index (χ1v) is 12.5. The van der Waals surface area contributed by atoms with Crippen LogP contribution in [0.4, 0.5) is 14.6 Å². The second kappa shape index (κ2) is 12.6. The fourth-order valence-corrected chi connectivity index (χ4v) is 4.35. The Morgan fingerprint density at radius 2 is 1.97 bits per heavy atom. The molecule has 0 aliphatic rings. The van der Waals surface area contributed by atoms with E-state index in [-0.39, 0.29) is 29.3 Å². The van der Waals surface area contributed by atoms with Crippen LogP contribution in [0.2, 0.25) is 0 Å². The van der Waals surface area contributed by atoms with Crippen LogP contribution in [0.3, 0.4) is 0 Å². The van der Waals surface area contributed by atoms with Crippen molar-refractivity contribution in [1.82, 2.24) is 14.9 Å². The number of aryl methyl sites for hydroxylation is 2. The van der Waals surface area contributed by atoms with Crippen LogP contribution in [0.1, 0.15) is 53.1 Å². The van der Waals surface area contributed by atoms with Gasteiger partial charge in [-0.25, -0.2) is 13.8 Å². The van der Waals surface area contributed by atoms with E-state index in [2.05, 4.69) is 24.9 Å². The number of benzene rings is 2. The van der Waals surface area contributed by atoms with Gasteiger partial charge in [0.2, 0.25) is 5.91 Å². The molecule has 0 spiro atoms. The molecule has 38 heavy (non-hydrogen) atoms. The number of ether oxygens (including phenoxy) is 1. The smallest absolute Gasteiger partial charge is 0.254 e. The Hall–Kier alpha value is -3.84. The van der Waals surface area contributed by atoms with Gasteiger partial charge in [0.25, 0.3) is 5.91 Å². The minimum Gasteiger partial charge on any atom is -0.493 e. The Labute approximate surface area is 223 Å². The van der Waals surface area contributed by atoms with E-state index in [0.29, 0.717) is 40.1 Å². The molecular weight excluding hydrogens is 509 g/mol. The summed E-state index contributed by atoms with van der Waals surface area (Å²) in [6, 6.07) is 6.30. The van der Waals surface area contributed by atoms with Gasteiger partial charge in [-0.15, -0.1) is 9.24 Å². The van der Waals surface area contributed by atoms with Gasteiger partial charge in [0.05, 0.1) is 12.7 Å². The molecule has 3 rings (SSSR count). The Morgan fingerprint density at radius 1 is 1.24 bits per heavy atom. The summed E-state index contributed by atoms with van der Waals surface area (Å²) in [5, 5.41) is 5.91. The highest BCUT2D eigenvalue weighted by molar-refractivity contribution is 7.27. The first-order valence-electron chi connectivity index (χ1n) is 11.9. The van der Waals surface area contributed by atoms with Crippen LogP contribution in [0.25, 0.3) is 11.6 Å². The van der Waals surface area contributed by atoms with Crippen molar-refractivity contribution < 1.29 is 23.1 Å². The molecule has 0 saturated heterocycles. The van der Waals surface area contributed by atoms with E-state index in [0.717, 1.165) is 0 Å². The highest BCUT2D eigenvalue weighted by Gasteiger charge is 2.20. The van der Waals surface area contributed by atoms with Crippen LogP contribution in [-0.2, 0) is 18.4 Å². The maximum Gasteiger partial charge on any atom is 0.254 e. The van der Waals surface area contributed by atoms with Crippen LogP contribution in [0, 0.1) is 18.6 Å². The fourth-order valence-electron chi connectivity index (χ4n) is 4.00. The van der Waals surface area contributed by atoms with E-state index in [1.54, 1.807) is 55.1 Å². The first kappa shape index (κ1) is 28.7. The van der Waals surface area contributed by atoms with Gasteiger partial charge in [-0.05, 0) is 48.0 Å². The van der Waals surface area contributed by atoms with Gasteiger partial charge in [0.15, 0.2) is 17.4 Å². The van der Waals surface area contributed by atoms with Crippen molar-refractivity contribution in [3.05, 3.63) is 82.3 Å². The average Bonchev–Trinajstić information content (AvgIpc) is 3.18. The number of amides is 2. The lowest BCUT2D eigenvalue weighted by molar-refractivity contribution is -0.114. The summed E-state index contributed by atoms with van der Waals surface area (Å²) >= 11 is 0. The van der Waals surface area contributed by atoms with Crippen LogP contribution in [-0.4, -0.2) is 28.5 Å². The summed E-state index contributed by atoms with van der Waals surface area (Å²) < 4.78 is 36.9. The highest BCUT2D eigenvalue weighted by Crippen LogP contribution is 2.27. The number of carbonyl (C=O) groups is 2. The number of rotatable bonds is 9. The van der Waals surface area contributed by atoms with Gasteiger partial charge >= 0.3 is 0 Å². The maximum atomic E-state index is 15.8. The zero-order valence-corrected chi connectivity index (χ0v) is 23.1. The molecule has 7 nitrogen and oxygen atoms in total. The lowest BCUT2D eigenvalue weighted by Crippen LogP contribution is -2.26. The third kappa shape index (κ3) is 6.72. The summed E-state index contributed by atoms with van der Waals surface area (Å²) in [6.07, 6.45) is 7.58. The molecule has 2 aromatic carbocycles. The van der Waals surface area contributed by atoms with Gasteiger partial charge < -0.3 is 19.9 Å². The lowest BCUT2D eigenvalue weighted by atomic mass is 9.97. The predicted octanol–water partition coefficient (Wildman–Crippen LogP) is 4.91. The molecule has 3 aromatic rings. The summed E-state index contributed by atoms with van der Waals surface area (Å²) in [5.74, 6) is -1.08. The molecule has 0 aliphatic heterocycles. The number of halogens is 2. The largest absolute Gasteiger partial charge is 0.493 e. The Kier molecular flexibility index (Phi) is 9.53. The topological polar surface area (TPSA) is 85.2 Å². The molecule has 1 atom stereocenters. The number of allylic oxidation sites excluding steroid dienone is 3. The number of methoxy groups -OCH3 is 1. The number of carbonyl (C=O) groups excluding carboxylic acids is 2. The Morgan fingerprint density at radius 3 is 2.63 bits per heavy atom. The minimum absolute atomic E-state index is 0.0247. The zero-order valence-electron chi connectivity index (χ0n) is 22.0. The van der Waals surface area contributed by atoms with Crippen LogP contribution < -0.4 is 20.7 Å². The molecule has 2 N–H and O–H groups in total. The van der Waals surface area contributed by atoms with Gasteiger partial charge in [-0.1, -0.05) is 31.2 Å². The van der Waals surface area contributed by atoms with Crippen LogP contribution in [0.5, 0.6) is 5.75 Å². The molecule has 10 heteroatoms. The average molecular weight is 541 g/mol. The van der Waals surface area contributed by atoms with E-state index >= 15 is 4.39 Å². The van der Waals surface area contributed by atoms with Crippen LogP contribution in [0.15, 0.2) is 42.6 Å². The number of aromatic nitrogens is 2. The van der Waals surface area contributed by atoms with Gasteiger partial charge in [-0.3, -0.25) is 9.59 Å². The Bertz CT molecular complexity index is 1430. The summed E-state index contributed by atoms with van der Waals surface area (Å²) in [4.78, 5) is 28.8. The Balaban J connectivity index is 1.90. The normalized spacial score (nSPS) is 11.6. The first-order chi connectivity index (χ1) is 18.0. The van der Waals surface area contributed by atoms with Crippen molar-refractivity contribution >= 4 is 43.8 Å². The second-order valence-electron chi connectivity index (χ2n) is 8.67. The van der Waals surface area contributed by atoms with Crippen molar-refractivity contribution in [2.45, 2.75) is 33.7 Å². The molecule has 1 heterocycles. The standard InChI is InChI=1S/C28H31F2N4O3P/c1-6-7-18(9-11-24-33-23(15-34(24)4)32-17(3)35)21-10-8-16(2)25(26(21)30)28(36)31-14-19-12-20(38)13-22(29)27(19)37-5/h7-13,15H,6,14,38H2,1-5H3,(H,31,36)(H,32,35)/b11-9-,18-7-. The number of imidazole rings is 1. The summed E-state index contributed by atoms with van der Waals surface area (Å²) in [5.41, 5.74) is 1.63. The zero-order chi connectivity index (χ0) is 28.0. The number of nitrogens with zero attached hydrogens (tertiary/aromatic N) is 2. The molecule has 0 fully saturated rings. The third-order valence-electron chi connectivity index (χ3n) is 5.73. The number of hydrogen-bond donors (Lipinski definition) is 2. The number of nitrogens with one attached hydrogen (secondary N) is 2. The van der Waals surface area contributed by atoms with Crippen molar-refractivity contribution in [2.75, 3.05) is 12.4 Å². The van der Waals surface area contributed by atoms with E-state index in [1.165, 1.54) is 20.1 Å². The second-order valence-corrected chi connectivity index (χ2v) is 9.34. The van der Waals surface area contributed by atoms with Gasteiger partial charge in [0.1, 0.15) is 11.6 Å². The predicted molar refractivity (Wildman–Crippen MR) is 149 cm³/mol. The fraction of sp³-hybridized carbons (Fsp3) is 0.250. The molecule has 200 valence electrons. The molecule has 1 aromatic heterocycles. The van der Waals surface area contributed by atoms with Crippen molar-refractivity contribution in [1.29, 1.82) is 0 Å². The van der Waals surface area contributed by atoms with Crippen molar-refractivity contribution in [3.8, 4) is 5.75 Å². The number of hydrogen-bond acceptors (Lipinski definition) is 4. The monoisotopic (exact) mass is 540 g/mol. The summed E-state index contributed by atoms with van der Waals surface area (Å²) in [7, 11) is 5.53. The number of anilines is 1. The van der Waals surface area contributed by atoms with Gasteiger partial charge in [-0.2, -0.15) is 0 Å². The molecule has 0 aliphatic carbocycles. The van der Waals surface area contributed by atoms with Crippen LogP contribution >= 0.6 is 9.24 Å². The molecule has 2 amide bonds. The third-order valence-corrected chi connectivity index (χ3v) is 6.06. The molecule has 1 unspecified atom stereocenters. The molecule has 0 saturated carbocycles. The van der Waals surface area contributed by atoms with E-state index < -0.39 is 17.5 Å². The lowest BCUT2D eigenvalue weighted by Gasteiger charge is -2.15. The molecule has 0 radical (unpaired) electrons. The van der Waals surface area contributed by atoms with E-state index in [4.69, 9.17) is 4.74 Å². The SMILES string of the molecule is CC/C=C(/C=C\c1nc(NC(C)=O)cn1C)c1ccc(C)c(C(=O)NCc2cc(P)cc(F)c2OC)c1F. The minimum atomic E-state index is -0.663. The van der Waals surface area contributed by atoms with Gasteiger partial charge in [0, 0.05) is 37.8 Å². The quantitative estimate of drug-likeness (QED) is 0.298. The van der Waals surface area contributed by atoms with Crippen molar-refractivity contribution in [2.24, 2.45) is 7.05 Å². The maximum absolute atomic E-state index is 15.8. The van der Waals surface area contributed by atoms with E-state index in [1.807, 2.05) is 13.0 Å². The highest BCUT2D eigenvalue weighted by atomic mass is 31.0. The van der Waals surface area contributed by atoms with E-state index in [9.17, 15) is 14.0 Å². The molecule has 0 bridgehead atoms. The van der Waals surface area contributed by atoms with Crippen molar-refractivity contribution in [3.63, 3.8) is 0 Å². The summed E-state index contributed by atoms with van der Waals surface area (Å²) in [6.45, 7) is 4.93.